The second-order valence-electron chi connectivity index (χ2n) is 8.42. The van der Waals surface area contributed by atoms with Crippen LogP contribution in [0.25, 0.3) is 27.8 Å². The number of fused-ring (bicyclic) bond motifs is 1. The molecule has 4 aromatic heterocycles. The van der Waals surface area contributed by atoms with Crippen LogP contribution in [0.5, 0.6) is 0 Å². The highest BCUT2D eigenvalue weighted by atomic mass is 32.2. The maximum atomic E-state index is 11.9. The zero-order chi connectivity index (χ0) is 27.7. The molecule has 1 saturated heterocycles. The Morgan fingerprint density at radius 1 is 1.11 bits per heavy atom. The highest BCUT2D eigenvalue weighted by Gasteiger charge is 2.38. The molecule has 0 bridgehead atoms. The van der Waals surface area contributed by atoms with Gasteiger partial charge in [0.15, 0.2) is 0 Å². The predicted octanol–water partition coefficient (Wildman–Crippen LogP) is 3.17. The Kier molecular flexibility index (Phi) is 7.09. The molecule has 0 atom stereocenters. The number of alkyl halides is 3. The Balaban J connectivity index is 0.000000426. The van der Waals surface area contributed by atoms with Gasteiger partial charge < -0.3 is 10.0 Å². The molecule has 1 fully saturated rings. The van der Waals surface area contributed by atoms with Gasteiger partial charge in [-0.3, -0.25) is 9.46 Å². The van der Waals surface area contributed by atoms with E-state index in [1.165, 1.54) is 0 Å². The van der Waals surface area contributed by atoms with Gasteiger partial charge in [-0.25, -0.2) is 18.5 Å². The maximum absolute atomic E-state index is 11.9. The minimum Gasteiger partial charge on any atom is -0.475 e. The van der Waals surface area contributed by atoms with Gasteiger partial charge in [-0.15, -0.1) is 0 Å². The molecule has 0 amide bonds. The van der Waals surface area contributed by atoms with Gasteiger partial charge in [0.1, 0.15) is 11.9 Å². The number of aromatic nitrogens is 5. The second-order valence-corrected chi connectivity index (χ2v) is 10.9. The number of nitrogens with one attached hydrogen (secondary N) is 1. The molecule has 0 aliphatic carbocycles. The van der Waals surface area contributed by atoms with E-state index >= 15 is 0 Å². The van der Waals surface area contributed by atoms with Crippen LogP contribution in [-0.2, 0) is 21.6 Å². The van der Waals surface area contributed by atoms with Crippen LogP contribution in [0.15, 0.2) is 49.2 Å². The number of aliphatic carboxylic acids is 1. The molecular weight excluding hydrogens is 525 g/mol. The Labute approximate surface area is 214 Å². The van der Waals surface area contributed by atoms with Gasteiger partial charge in [0.2, 0.25) is 0 Å². The molecule has 5 heterocycles. The first kappa shape index (κ1) is 26.6. The minimum absolute atomic E-state index is 0.367. The van der Waals surface area contributed by atoms with Crippen LogP contribution in [0.3, 0.4) is 0 Å². The summed E-state index contributed by atoms with van der Waals surface area (Å²) in [5.74, 6) is -1.23. The van der Waals surface area contributed by atoms with Crippen molar-refractivity contribution in [3.05, 3.63) is 54.7 Å². The van der Waals surface area contributed by atoms with Crippen molar-refractivity contribution in [2.75, 3.05) is 29.5 Å². The zero-order valence-corrected chi connectivity index (χ0v) is 20.7. The molecule has 1 aliphatic heterocycles. The Bertz CT molecular complexity index is 1620. The number of carboxylic acids is 1. The van der Waals surface area contributed by atoms with E-state index in [9.17, 15) is 22.6 Å². The van der Waals surface area contributed by atoms with E-state index in [-0.39, 0.29) is 0 Å². The molecule has 15 heteroatoms. The first-order chi connectivity index (χ1) is 17.9. The van der Waals surface area contributed by atoms with E-state index in [4.69, 9.17) is 14.7 Å². The number of rotatable bonds is 3. The average Bonchev–Trinajstić information content (AvgIpc) is 3.49. The van der Waals surface area contributed by atoms with Gasteiger partial charge in [-0.05, 0) is 18.2 Å². The normalized spacial score (nSPS) is 15.0. The van der Waals surface area contributed by atoms with Gasteiger partial charge in [-0.2, -0.15) is 28.6 Å². The number of pyridine rings is 2. The summed E-state index contributed by atoms with van der Waals surface area (Å²) < 4.78 is 54.9. The van der Waals surface area contributed by atoms with Crippen molar-refractivity contribution in [2.45, 2.75) is 6.18 Å². The molecule has 11 nitrogen and oxygen atoms in total. The van der Waals surface area contributed by atoms with Crippen molar-refractivity contribution in [3.8, 4) is 28.3 Å². The molecule has 0 unspecified atom stereocenters. The quantitative estimate of drug-likeness (QED) is 0.397. The fourth-order valence-corrected chi connectivity index (χ4v) is 5.08. The van der Waals surface area contributed by atoms with Crippen molar-refractivity contribution < 1.29 is 27.3 Å². The third-order valence-corrected chi connectivity index (χ3v) is 7.46. The molecule has 0 spiro atoms. The lowest BCUT2D eigenvalue weighted by Gasteiger charge is -2.29. The summed E-state index contributed by atoms with van der Waals surface area (Å²) in [5, 5.41) is 25.3. The number of anilines is 1. The van der Waals surface area contributed by atoms with E-state index in [0.29, 0.717) is 30.2 Å². The highest BCUT2D eigenvalue weighted by molar-refractivity contribution is 7.92. The summed E-state index contributed by atoms with van der Waals surface area (Å²) in [6, 6.07) is 8.16. The number of hydrogen-bond donors (Lipinski definition) is 2. The van der Waals surface area contributed by atoms with Crippen molar-refractivity contribution in [3.63, 3.8) is 0 Å². The smallest absolute Gasteiger partial charge is 0.475 e. The van der Waals surface area contributed by atoms with E-state index in [0.717, 1.165) is 33.6 Å². The number of nitriles is 1. The van der Waals surface area contributed by atoms with Gasteiger partial charge in [-0.1, -0.05) is 0 Å². The fraction of sp³-hybridized carbons (Fsp3) is 0.261. The van der Waals surface area contributed by atoms with E-state index in [2.05, 4.69) is 26.2 Å². The highest BCUT2D eigenvalue weighted by Crippen LogP contribution is 2.32. The molecule has 2 N–H and O–H groups in total. The lowest BCUT2D eigenvalue weighted by atomic mass is 10.0. The van der Waals surface area contributed by atoms with Crippen LogP contribution in [0, 0.1) is 16.1 Å². The lowest BCUT2D eigenvalue weighted by Crippen LogP contribution is -2.40. The number of nitrogens with zero attached hydrogens (tertiary/aromatic N) is 7. The molecule has 0 aromatic carbocycles. The number of carboxylic acid groups (broad SMARTS) is 1. The fourth-order valence-electron chi connectivity index (χ4n) is 3.84. The second kappa shape index (κ2) is 10.1. The number of aryl methyl sites for hydroxylation is 1. The summed E-state index contributed by atoms with van der Waals surface area (Å²) in [6.45, 7) is 1.13. The average molecular weight is 547 g/mol. The third kappa shape index (κ3) is 5.75. The Hall–Kier alpha value is -4.45. The first-order valence-electron chi connectivity index (χ1n) is 11.0. The van der Waals surface area contributed by atoms with Crippen molar-refractivity contribution in [1.82, 2.24) is 24.4 Å². The SMILES string of the molecule is Cn1cc(-c2cc(-c3ccc(N4CCS(=N)(=O)CC4)nc3)c3c(C#N)cnn3c2)cn1.O=C(O)C(F)(F)F. The molecule has 1 aliphatic rings. The Morgan fingerprint density at radius 3 is 2.32 bits per heavy atom. The van der Waals surface area contributed by atoms with Crippen molar-refractivity contribution in [2.24, 2.45) is 7.05 Å². The zero-order valence-electron chi connectivity index (χ0n) is 19.9. The van der Waals surface area contributed by atoms with Gasteiger partial charge in [0, 0.05) is 82.2 Å². The lowest BCUT2D eigenvalue weighted by molar-refractivity contribution is -0.192. The van der Waals surface area contributed by atoms with Crippen LogP contribution >= 0.6 is 0 Å². The van der Waals surface area contributed by atoms with Crippen molar-refractivity contribution >= 4 is 27.0 Å². The Morgan fingerprint density at radius 2 is 1.79 bits per heavy atom. The maximum Gasteiger partial charge on any atom is 0.490 e. The van der Waals surface area contributed by atoms with Crippen LogP contribution in [0.1, 0.15) is 5.56 Å². The summed E-state index contributed by atoms with van der Waals surface area (Å²) >= 11 is 0. The standard InChI is InChI=1S/C21H20N8OS.C2HF3O2/c1-27-13-18(12-25-27)16-8-19(21-17(9-22)11-26-29(21)14-16)15-2-3-20(24-10-15)28-4-6-31(23,30)7-5-28;3-2(4,5)1(6)7/h2-3,8,10-14,23H,4-7H2,1H3;(H,6,7). The summed E-state index contributed by atoms with van der Waals surface area (Å²) in [6.07, 6.45) is 3.90. The van der Waals surface area contributed by atoms with Crippen LogP contribution in [0.4, 0.5) is 19.0 Å². The number of halogens is 3. The minimum atomic E-state index is -5.08. The molecule has 5 rings (SSSR count). The number of carbonyl (C=O) groups is 1. The van der Waals surface area contributed by atoms with E-state index in [1.807, 2.05) is 37.6 Å². The molecule has 4 aromatic rings. The van der Waals surface area contributed by atoms with Crippen LogP contribution in [0.2, 0.25) is 0 Å². The first-order valence-corrected chi connectivity index (χ1v) is 12.9. The van der Waals surface area contributed by atoms with E-state index in [1.54, 1.807) is 27.8 Å². The summed E-state index contributed by atoms with van der Waals surface area (Å²) in [7, 11) is -0.578. The summed E-state index contributed by atoms with van der Waals surface area (Å²) in [5.41, 5.74) is 4.86. The van der Waals surface area contributed by atoms with E-state index < -0.39 is 21.9 Å². The van der Waals surface area contributed by atoms with Gasteiger partial charge >= 0.3 is 12.1 Å². The van der Waals surface area contributed by atoms with Crippen molar-refractivity contribution in [1.29, 1.82) is 10.0 Å². The monoisotopic (exact) mass is 546 g/mol. The summed E-state index contributed by atoms with van der Waals surface area (Å²) in [4.78, 5) is 15.6. The molecule has 38 heavy (non-hydrogen) atoms. The van der Waals surface area contributed by atoms with Gasteiger partial charge in [0.25, 0.3) is 0 Å². The predicted molar refractivity (Wildman–Crippen MR) is 132 cm³/mol. The number of hydrogen-bond acceptors (Lipinski definition) is 8. The molecular formula is C23H21F3N8O3S. The topological polar surface area (TPSA) is 153 Å². The molecule has 0 saturated carbocycles. The molecule has 198 valence electrons. The van der Waals surface area contributed by atoms with Crippen LogP contribution in [-0.4, -0.2) is 70.4 Å². The largest absolute Gasteiger partial charge is 0.490 e. The van der Waals surface area contributed by atoms with Gasteiger partial charge in [0.05, 0.1) is 23.5 Å². The van der Waals surface area contributed by atoms with Crippen LogP contribution < -0.4 is 4.90 Å². The third-order valence-electron chi connectivity index (χ3n) is 5.78. The molecule has 0 radical (unpaired) electrons.